The minimum absolute atomic E-state index is 0.324. The van der Waals surface area contributed by atoms with E-state index in [-0.39, 0.29) is 0 Å². The fourth-order valence-electron chi connectivity index (χ4n) is 4.33. The molecule has 29 heavy (non-hydrogen) atoms. The standard InChI is InChI=1S/C21H29N3O4S/c1-3-20-22-21(28-23-20)24-11-8-15(9-12-24)19-14-16(19)10-13-27-17-4-6-18(7-5-17)29(2,25)26/h4-7,15-16,19H,3,8-14H2,1-2H3/t16-,19-/m1/s1. The fraction of sp³-hybridized carbons (Fsp3) is 0.619. The predicted molar refractivity (Wildman–Crippen MR) is 110 cm³/mol. The third-order valence-corrected chi connectivity index (χ3v) is 7.30. The Morgan fingerprint density at radius 3 is 2.55 bits per heavy atom. The van der Waals surface area contributed by atoms with Gasteiger partial charge in [-0.05, 0) is 67.7 Å². The van der Waals surface area contributed by atoms with Crippen LogP contribution in [0.5, 0.6) is 5.75 Å². The zero-order chi connectivity index (χ0) is 20.4. The predicted octanol–water partition coefficient (Wildman–Crippen LogP) is 3.36. The first-order valence-corrected chi connectivity index (χ1v) is 12.3. The average molecular weight is 420 g/mol. The Morgan fingerprint density at radius 2 is 1.93 bits per heavy atom. The Hall–Kier alpha value is -2.09. The maximum atomic E-state index is 11.5. The molecule has 0 unspecified atom stereocenters. The van der Waals surface area contributed by atoms with Crippen LogP contribution in [0.3, 0.4) is 0 Å². The molecule has 2 heterocycles. The quantitative estimate of drug-likeness (QED) is 0.648. The van der Waals surface area contributed by atoms with Crippen molar-refractivity contribution in [2.75, 3.05) is 30.9 Å². The van der Waals surface area contributed by atoms with Gasteiger partial charge in [0.1, 0.15) is 5.75 Å². The minimum Gasteiger partial charge on any atom is -0.494 e. The molecule has 1 aliphatic heterocycles. The third-order valence-electron chi connectivity index (χ3n) is 6.18. The van der Waals surface area contributed by atoms with E-state index in [4.69, 9.17) is 9.26 Å². The molecule has 1 saturated heterocycles. The van der Waals surface area contributed by atoms with Crippen molar-refractivity contribution in [2.24, 2.45) is 17.8 Å². The first-order chi connectivity index (χ1) is 13.9. The zero-order valence-electron chi connectivity index (χ0n) is 17.1. The second-order valence-electron chi connectivity index (χ2n) is 8.21. The monoisotopic (exact) mass is 419 g/mol. The first kappa shape index (κ1) is 20.2. The van der Waals surface area contributed by atoms with Gasteiger partial charge in [0, 0.05) is 25.8 Å². The van der Waals surface area contributed by atoms with Gasteiger partial charge < -0.3 is 14.2 Å². The van der Waals surface area contributed by atoms with Crippen molar-refractivity contribution in [1.29, 1.82) is 0 Å². The van der Waals surface area contributed by atoms with Crippen molar-refractivity contribution in [1.82, 2.24) is 10.1 Å². The second kappa shape index (κ2) is 8.34. The molecule has 0 radical (unpaired) electrons. The molecule has 8 heteroatoms. The number of sulfone groups is 1. The number of anilines is 1. The van der Waals surface area contributed by atoms with Crippen molar-refractivity contribution in [3.8, 4) is 5.75 Å². The first-order valence-electron chi connectivity index (χ1n) is 10.4. The molecule has 1 aromatic carbocycles. The zero-order valence-corrected chi connectivity index (χ0v) is 17.9. The molecule has 4 rings (SSSR count). The van der Waals surface area contributed by atoms with E-state index >= 15 is 0 Å². The van der Waals surface area contributed by atoms with E-state index in [2.05, 4.69) is 15.0 Å². The van der Waals surface area contributed by atoms with E-state index in [1.165, 1.54) is 25.5 Å². The van der Waals surface area contributed by atoms with Crippen LogP contribution in [0, 0.1) is 17.8 Å². The largest absolute Gasteiger partial charge is 0.494 e. The summed E-state index contributed by atoms with van der Waals surface area (Å²) in [6.45, 7) is 4.69. The summed E-state index contributed by atoms with van der Waals surface area (Å²) in [5.74, 6) is 3.84. The summed E-state index contributed by atoms with van der Waals surface area (Å²) in [6, 6.07) is 7.34. The molecule has 0 bridgehead atoms. The van der Waals surface area contributed by atoms with Gasteiger partial charge in [-0.25, -0.2) is 8.42 Å². The summed E-state index contributed by atoms with van der Waals surface area (Å²) >= 11 is 0. The number of hydrogen-bond acceptors (Lipinski definition) is 7. The lowest BCUT2D eigenvalue weighted by Crippen LogP contribution is -2.34. The molecule has 0 amide bonds. The van der Waals surface area contributed by atoms with Gasteiger partial charge in [0.25, 0.3) is 0 Å². The number of rotatable bonds is 8. The SMILES string of the molecule is CCc1noc(N2CCC([C@H]3C[C@H]3CCOc3ccc(S(C)(=O)=O)cc3)CC2)n1. The highest BCUT2D eigenvalue weighted by atomic mass is 32.2. The molecule has 0 spiro atoms. The summed E-state index contributed by atoms with van der Waals surface area (Å²) in [4.78, 5) is 6.97. The molecule has 2 aromatic rings. The van der Waals surface area contributed by atoms with Crippen LogP contribution in [0.25, 0.3) is 0 Å². The van der Waals surface area contributed by atoms with Gasteiger partial charge in [0.05, 0.1) is 11.5 Å². The Balaban J connectivity index is 1.17. The molecular formula is C21H29N3O4S. The van der Waals surface area contributed by atoms with Crippen molar-refractivity contribution < 1.29 is 17.7 Å². The molecule has 158 valence electrons. The van der Waals surface area contributed by atoms with E-state index in [1.54, 1.807) is 24.3 Å². The Bertz CT molecular complexity index is 918. The fourth-order valence-corrected chi connectivity index (χ4v) is 4.96. The Morgan fingerprint density at radius 1 is 1.21 bits per heavy atom. The number of aryl methyl sites for hydroxylation is 1. The van der Waals surface area contributed by atoms with E-state index in [0.29, 0.717) is 17.5 Å². The smallest absolute Gasteiger partial charge is 0.324 e. The highest BCUT2D eigenvalue weighted by Gasteiger charge is 2.43. The highest BCUT2D eigenvalue weighted by Crippen LogP contribution is 2.49. The Kier molecular flexibility index (Phi) is 5.81. The van der Waals surface area contributed by atoms with Crippen LogP contribution in [-0.2, 0) is 16.3 Å². The van der Waals surface area contributed by atoms with Gasteiger partial charge in [0.2, 0.25) is 0 Å². The summed E-state index contributed by atoms with van der Waals surface area (Å²) < 4.78 is 34.2. The lowest BCUT2D eigenvalue weighted by atomic mass is 9.90. The second-order valence-corrected chi connectivity index (χ2v) is 10.2. The van der Waals surface area contributed by atoms with Crippen molar-refractivity contribution in [2.45, 2.75) is 43.9 Å². The summed E-state index contributed by atoms with van der Waals surface area (Å²) in [5.41, 5.74) is 0. The summed E-state index contributed by atoms with van der Waals surface area (Å²) in [7, 11) is -3.16. The summed E-state index contributed by atoms with van der Waals surface area (Å²) in [5, 5.41) is 3.99. The van der Waals surface area contributed by atoms with Crippen LogP contribution in [-0.4, -0.2) is 44.5 Å². The number of aromatic nitrogens is 2. The van der Waals surface area contributed by atoms with E-state index in [9.17, 15) is 8.42 Å². The van der Waals surface area contributed by atoms with Crippen LogP contribution in [0.2, 0.25) is 0 Å². The molecular weight excluding hydrogens is 390 g/mol. The summed E-state index contributed by atoms with van der Waals surface area (Å²) in [6.07, 6.45) is 6.72. The Labute approximate surface area is 172 Å². The van der Waals surface area contributed by atoms with Crippen molar-refractivity contribution in [3.63, 3.8) is 0 Å². The molecule has 2 atom stereocenters. The molecule has 7 nitrogen and oxygen atoms in total. The van der Waals surface area contributed by atoms with Gasteiger partial charge in [-0.1, -0.05) is 12.1 Å². The van der Waals surface area contributed by atoms with Crippen LogP contribution >= 0.6 is 0 Å². The lowest BCUT2D eigenvalue weighted by Gasteiger charge is -2.30. The normalized spacial score (nSPS) is 22.6. The number of hydrogen-bond donors (Lipinski definition) is 0. The van der Waals surface area contributed by atoms with Crippen LogP contribution in [0.15, 0.2) is 33.7 Å². The van der Waals surface area contributed by atoms with Gasteiger partial charge >= 0.3 is 6.01 Å². The van der Waals surface area contributed by atoms with Gasteiger partial charge in [-0.3, -0.25) is 0 Å². The topological polar surface area (TPSA) is 85.5 Å². The van der Waals surface area contributed by atoms with Crippen molar-refractivity contribution >= 4 is 15.9 Å². The van der Waals surface area contributed by atoms with E-state index in [1.807, 2.05) is 6.92 Å². The maximum Gasteiger partial charge on any atom is 0.324 e. The third kappa shape index (κ3) is 4.91. The number of nitrogens with zero attached hydrogens (tertiary/aromatic N) is 3. The molecule has 1 aromatic heterocycles. The number of piperidine rings is 1. The van der Waals surface area contributed by atoms with Gasteiger partial charge in [0.15, 0.2) is 15.7 Å². The van der Waals surface area contributed by atoms with Crippen LogP contribution < -0.4 is 9.64 Å². The molecule has 2 fully saturated rings. The molecule has 1 saturated carbocycles. The van der Waals surface area contributed by atoms with Crippen LogP contribution in [0.4, 0.5) is 6.01 Å². The number of ether oxygens (including phenoxy) is 1. The molecule has 0 N–H and O–H groups in total. The van der Waals surface area contributed by atoms with Crippen LogP contribution in [0.1, 0.15) is 38.4 Å². The van der Waals surface area contributed by atoms with Gasteiger partial charge in [-0.2, -0.15) is 4.98 Å². The van der Waals surface area contributed by atoms with Crippen molar-refractivity contribution in [3.05, 3.63) is 30.1 Å². The maximum absolute atomic E-state index is 11.5. The van der Waals surface area contributed by atoms with E-state index < -0.39 is 9.84 Å². The average Bonchev–Trinajstić information content (AvgIpc) is 3.32. The molecule has 2 aliphatic rings. The highest BCUT2D eigenvalue weighted by molar-refractivity contribution is 7.90. The lowest BCUT2D eigenvalue weighted by molar-refractivity contribution is 0.282. The molecule has 1 aliphatic carbocycles. The van der Waals surface area contributed by atoms with E-state index in [0.717, 1.165) is 55.3 Å². The van der Waals surface area contributed by atoms with Gasteiger partial charge in [-0.15, -0.1) is 0 Å². The number of benzene rings is 1. The minimum atomic E-state index is -3.16.